The van der Waals surface area contributed by atoms with Crippen LogP contribution in [0.2, 0.25) is 0 Å². The fourth-order valence-electron chi connectivity index (χ4n) is 3.88. The SMILES string of the molecule is c1ccc2c(c1)Cc1c(ncnc1NCc1nnc3n1CCCCC3)CO2. The molecule has 0 saturated heterocycles. The number of benzene rings is 1. The van der Waals surface area contributed by atoms with Crippen LogP contribution in [0.3, 0.4) is 0 Å². The van der Waals surface area contributed by atoms with Crippen molar-refractivity contribution < 1.29 is 4.74 Å². The zero-order valence-corrected chi connectivity index (χ0v) is 15.2. The van der Waals surface area contributed by atoms with E-state index in [4.69, 9.17) is 4.74 Å². The van der Waals surface area contributed by atoms with E-state index in [2.05, 4.69) is 36.1 Å². The number of aromatic nitrogens is 5. The quantitative estimate of drug-likeness (QED) is 0.772. The molecule has 0 amide bonds. The Kier molecular flexibility index (Phi) is 4.20. The van der Waals surface area contributed by atoms with Crippen molar-refractivity contribution in [3.05, 3.63) is 59.1 Å². The van der Waals surface area contributed by atoms with E-state index in [1.165, 1.54) is 19.3 Å². The van der Waals surface area contributed by atoms with Crippen LogP contribution < -0.4 is 10.1 Å². The van der Waals surface area contributed by atoms with Crippen molar-refractivity contribution in [3.8, 4) is 5.75 Å². The fraction of sp³-hybridized carbons (Fsp3) is 0.400. The molecule has 7 heteroatoms. The summed E-state index contributed by atoms with van der Waals surface area (Å²) in [6, 6.07) is 8.14. The standard InChI is InChI=1S/C20H22N6O/c1-2-8-18-24-25-19(26(18)9-5-1)11-21-20-15-10-14-6-3-4-7-17(14)27-12-16(15)22-13-23-20/h3-4,6-7,13H,1-2,5,8-12H2,(H,21,22,23). The van der Waals surface area contributed by atoms with E-state index in [0.29, 0.717) is 13.2 Å². The zero-order chi connectivity index (χ0) is 18.1. The third kappa shape index (κ3) is 3.13. The van der Waals surface area contributed by atoms with Gasteiger partial charge in [0, 0.05) is 24.9 Å². The van der Waals surface area contributed by atoms with Crippen molar-refractivity contribution in [1.82, 2.24) is 24.7 Å². The van der Waals surface area contributed by atoms with Gasteiger partial charge in [-0.15, -0.1) is 10.2 Å². The van der Waals surface area contributed by atoms with Crippen LogP contribution >= 0.6 is 0 Å². The van der Waals surface area contributed by atoms with E-state index in [-0.39, 0.29) is 0 Å². The van der Waals surface area contributed by atoms with Crippen molar-refractivity contribution in [2.24, 2.45) is 0 Å². The minimum atomic E-state index is 0.462. The lowest BCUT2D eigenvalue weighted by Gasteiger charge is -2.13. The first-order valence-corrected chi connectivity index (χ1v) is 9.57. The highest BCUT2D eigenvalue weighted by molar-refractivity contribution is 5.51. The van der Waals surface area contributed by atoms with Gasteiger partial charge in [-0.3, -0.25) is 0 Å². The lowest BCUT2D eigenvalue weighted by molar-refractivity contribution is 0.302. The number of aryl methyl sites for hydroxylation is 1. The van der Waals surface area contributed by atoms with Gasteiger partial charge in [-0.25, -0.2) is 9.97 Å². The van der Waals surface area contributed by atoms with Crippen LogP contribution in [0.4, 0.5) is 5.82 Å². The highest BCUT2D eigenvalue weighted by Gasteiger charge is 2.20. The summed E-state index contributed by atoms with van der Waals surface area (Å²) in [4.78, 5) is 8.94. The normalized spacial score (nSPS) is 15.6. The molecule has 5 rings (SSSR count). The number of hydrogen-bond acceptors (Lipinski definition) is 6. The predicted molar refractivity (Wildman–Crippen MR) is 101 cm³/mol. The number of hydrogen-bond donors (Lipinski definition) is 1. The summed E-state index contributed by atoms with van der Waals surface area (Å²) in [7, 11) is 0. The maximum atomic E-state index is 5.92. The van der Waals surface area contributed by atoms with Crippen LogP contribution in [-0.4, -0.2) is 24.7 Å². The van der Waals surface area contributed by atoms with Crippen LogP contribution in [0.25, 0.3) is 0 Å². The molecule has 138 valence electrons. The maximum absolute atomic E-state index is 5.92. The lowest BCUT2D eigenvalue weighted by Crippen LogP contribution is -2.13. The lowest BCUT2D eigenvalue weighted by atomic mass is 10.0. The second kappa shape index (κ2) is 6.98. The average Bonchev–Trinajstić information content (AvgIpc) is 2.87. The van der Waals surface area contributed by atoms with Gasteiger partial charge in [-0.1, -0.05) is 24.6 Å². The number of anilines is 1. The molecule has 0 fully saturated rings. The molecule has 0 saturated carbocycles. The van der Waals surface area contributed by atoms with Gasteiger partial charge < -0.3 is 14.6 Å². The Hall–Kier alpha value is -2.96. The van der Waals surface area contributed by atoms with Gasteiger partial charge in [0.2, 0.25) is 0 Å². The summed E-state index contributed by atoms with van der Waals surface area (Å²) in [5.74, 6) is 3.85. The number of fused-ring (bicyclic) bond motifs is 3. The molecule has 2 aromatic heterocycles. The Bertz CT molecular complexity index is 967. The molecular formula is C20H22N6O. The summed E-state index contributed by atoms with van der Waals surface area (Å²) in [5.41, 5.74) is 3.19. The Morgan fingerprint density at radius 2 is 2.04 bits per heavy atom. The van der Waals surface area contributed by atoms with Crippen molar-refractivity contribution in [3.63, 3.8) is 0 Å². The van der Waals surface area contributed by atoms with E-state index in [1.807, 2.05) is 18.2 Å². The summed E-state index contributed by atoms with van der Waals surface area (Å²) in [6.07, 6.45) is 7.02. The Balaban J connectivity index is 1.41. The zero-order valence-electron chi connectivity index (χ0n) is 15.2. The first-order chi connectivity index (χ1) is 13.4. The van der Waals surface area contributed by atoms with Gasteiger partial charge in [0.1, 0.15) is 30.3 Å². The topological polar surface area (TPSA) is 77.8 Å². The predicted octanol–water partition coefficient (Wildman–Crippen LogP) is 2.89. The molecule has 3 aromatic rings. The van der Waals surface area contributed by atoms with Crippen molar-refractivity contribution in [2.45, 2.75) is 51.8 Å². The maximum Gasteiger partial charge on any atom is 0.152 e. The van der Waals surface area contributed by atoms with Gasteiger partial charge in [0.15, 0.2) is 5.82 Å². The number of para-hydroxylation sites is 1. The molecule has 7 nitrogen and oxygen atoms in total. The smallest absolute Gasteiger partial charge is 0.152 e. The summed E-state index contributed by atoms with van der Waals surface area (Å²) >= 11 is 0. The van der Waals surface area contributed by atoms with Gasteiger partial charge in [-0.2, -0.15) is 0 Å². The van der Waals surface area contributed by atoms with E-state index < -0.39 is 0 Å². The molecule has 0 unspecified atom stereocenters. The Morgan fingerprint density at radius 1 is 1.07 bits per heavy atom. The first-order valence-electron chi connectivity index (χ1n) is 9.57. The van der Waals surface area contributed by atoms with Crippen LogP contribution in [0.1, 0.15) is 47.7 Å². The molecule has 1 aromatic carbocycles. The van der Waals surface area contributed by atoms with Gasteiger partial charge in [0.05, 0.1) is 12.2 Å². The van der Waals surface area contributed by atoms with Gasteiger partial charge >= 0.3 is 0 Å². The number of nitrogens with zero attached hydrogens (tertiary/aromatic N) is 5. The Labute approximate surface area is 157 Å². The minimum absolute atomic E-state index is 0.462. The molecule has 0 spiro atoms. The van der Waals surface area contributed by atoms with Crippen LogP contribution in [0.5, 0.6) is 5.75 Å². The number of rotatable bonds is 3. The van der Waals surface area contributed by atoms with Crippen molar-refractivity contribution >= 4 is 5.82 Å². The van der Waals surface area contributed by atoms with E-state index in [0.717, 1.165) is 59.4 Å². The van der Waals surface area contributed by atoms with E-state index in [9.17, 15) is 0 Å². The first kappa shape index (κ1) is 16.2. The molecule has 27 heavy (non-hydrogen) atoms. The highest BCUT2D eigenvalue weighted by Crippen LogP contribution is 2.30. The monoisotopic (exact) mass is 362 g/mol. The molecule has 0 aliphatic carbocycles. The molecule has 4 heterocycles. The molecule has 1 N–H and O–H groups in total. The molecule has 2 aliphatic heterocycles. The van der Waals surface area contributed by atoms with Crippen LogP contribution in [0, 0.1) is 0 Å². The van der Waals surface area contributed by atoms with Gasteiger partial charge in [-0.05, 0) is 24.5 Å². The summed E-state index contributed by atoms with van der Waals surface area (Å²) < 4.78 is 8.19. The highest BCUT2D eigenvalue weighted by atomic mass is 16.5. The van der Waals surface area contributed by atoms with E-state index >= 15 is 0 Å². The molecule has 2 aliphatic rings. The summed E-state index contributed by atoms with van der Waals surface area (Å²) in [5, 5.41) is 12.3. The third-order valence-electron chi connectivity index (χ3n) is 5.34. The fourth-order valence-corrected chi connectivity index (χ4v) is 3.88. The average molecular weight is 362 g/mol. The van der Waals surface area contributed by atoms with Crippen LogP contribution in [-0.2, 0) is 32.5 Å². The number of ether oxygens (including phenoxy) is 1. The molecule has 0 radical (unpaired) electrons. The number of nitrogens with one attached hydrogen (secondary N) is 1. The van der Waals surface area contributed by atoms with Crippen molar-refractivity contribution in [2.75, 3.05) is 5.32 Å². The van der Waals surface area contributed by atoms with Crippen LogP contribution in [0.15, 0.2) is 30.6 Å². The van der Waals surface area contributed by atoms with Crippen molar-refractivity contribution in [1.29, 1.82) is 0 Å². The largest absolute Gasteiger partial charge is 0.487 e. The molecule has 0 bridgehead atoms. The van der Waals surface area contributed by atoms with Gasteiger partial charge in [0.25, 0.3) is 0 Å². The summed E-state index contributed by atoms with van der Waals surface area (Å²) in [6.45, 7) is 2.07. The molecule has 0 atom stereocenters. The Morgan fingerprint density at radius 3 is 3.04 bits per heavy atom. The second-order valence-electron chi connectivity index (χ2n) is 7.07. The van der Waals surface area contributed by atoms with E-state index in [1.54, 1.807) is 6.33 Å². The minimum Gasteiger partial charge on any atom is -0.487 e. The molecular weight excluding hydrogens is 340 g/mol. The second-order valence-corrected chi connectivity index (χ2v) is 7.07. The third-order valence-corrected chi connectivity index (χ3v) is 5.34.